The highest BCUT2D eigenvalue weighted by Crippen LogP contribution is 2.43. The van der Waals surface area contributed by atoms with Gasteiger partial charge in [0.1, 0.15) is 11.6 Å². The highest BCUT2D eigenvalue weighted by atomic mass is 79.9. The van der Waals surface area contributed by atoms with Crippen LogP contribution in [0.1, 0.15) is 59.3 Å². The maximum Gasteiger partial charge on any atom is 0.410 e. The van der Waals surface area contributed by atoms with Crippen LogP contribution in [0.25, 0.3) is 11.5 Å². The predicted molar refractivity (Wildman–Crippen MR) is 168 cm³/mol. The third-order valence-electron chi connectivity index (χ3n) is 8.22. The van der Waals surface area contributed by atoms with Crippen LogP contribution in [0.15, 0.2) is 33.0 Å². The molecule has 2 amide bonds. The molecule has 1 atom stereocenters. The van der Waals surface area contributed by atoms with Crippen LogP contribution < -0.4 is 15.2 Å². The monoisotopic (exact) mass is 687 g/mol. The molecule has 6 rings (SSSR count). The van der Waals surface area contributed by atoms with Crippen molar-refractivity contribution in [2.24, 2.45) is 5.92 Å². The number of nitrogens with two attached hydrogens (primary N) is 1. The molecule has 5 aliphatic heterocycles. The summed E-state index contributed by atoms with van der Waals surface area (Å²) in [5.74, 6) is 2.93. The van der Waals surface area contributed by atoms with Crippen LogP contribution in [0.4, 0.5) is 10.6 Å². The van der Waals surface area contributed by atoms with Gasteiger partial charge in [0, 0.05) is 35.5 Å². The number of carbonyl (C=O) groups excluding carboxylic acids is 2. The highest BCUT2D eigenvalue weighted by Gasteiger charge is 2.38. The molecule has 0 unspecified atom stereocenters. The smallest absolute Gasteiger partial charge is 0.410 e. The van der Waals surface area contributed by atoms with Gasteiger partial charge in [0.25, 0.3) is 0 Å². The summed E-state index contributed by atoms with van der Waals surface area (Å²) in [7, 11) is 0. The number of anilines is 1. The molecule has 236 valence electrons. The number of nitrogen functional groups attached to an aromatic ring is 1. The van der Waals surface area contributed by atoms with Crippen molar-refractivity contribution in [1.29, 1.82) is 0 Å². The third kappa shape index (κ3) is 6.70. The van der Waals surface area contributed by atoms with E-state index in [0.717, 1.165) is 41.5 Å². The van der Waals surface area contributed by atoms with E-state index in [0.29, 0.717) is 72.5 Å². The lowest BCUT2D eigenvalue weighted by molar-refractivity contribution is -0.139. The van der Waals surface area contributed by atoms with E-state index in [-0.39, 0.29) is 12.7 Å². The second-order valence-corrected chi connectivity index (χ2v) is 14.3. The summed E-state index contributed by atoms with van der Waals surface area (Å²) in [6, 6.07) is 3.35. The molecule has 1 aromatic carbocycles. The van der Waals surface area contributed by atoms with Crippen LogP contribution in [0.3, 0.4) is 0 Å². The van der Waals surface area contributed by atoms with Crippen molar-refractivity contribution < 1.29 is 23.8 Å². The van der Waals surface area contributed by atoms with Crippen molar-refractivity contribution in [3.63, 3.8) is 0 Å². The quantitative estimate of drug-likeness (QED) is 0.357. The number of piperidine rings is 2. The number of hydrogen-bond donors (Lipinski definition) is 1. The van der Waals surface area contributed by atoms with E-state index in [1.807, 2.05) is 42.4 Å². The Morgan fingerprint density at radius 2 is 1.84 bits per heavy atom. The Morgan fingerprint density at radius 1 is 1.09 bits per heavy atom. The lowest BCUT2D eigenvalue weighted by Gasteiger charge is -2.40. The van der Waals surface area contributed by atoms with E-state index < -0.39 is 17.7 Å². The van der Waals surface area contributed by atoms with Crippen LogP contribution in [0.5, 0.6) is 11.5 Å². The molecule has 0 aliphatic carbocycles. The van der Waals surface area contributed by atoms with Crippen LogP contribution >= 0.6 is 27.7 Å². The fourth-order valence-corrected chi connectivity index (χ4v) is 7.27. The second kappa shape index (κ2) is 12.6. The molecule has 2 N–H and O–H groups in total. The number of carbonyl (C=O) groups is 2. The first-order chi connectivity index (χ1) is 21.1. The summed E-state index contributed by atoms with van der Waals surface area (Å²) in [6.45, 7) is 8.40. The van der Waals surface area contributed by atoms with Crippen molar-refractivity contribution in [3.05, 3.63) is 22.9 Å². The summed E-state index contributed by atoms with van der Waals surface area (Å²) >= 11 is 5.02. The molecule has 2 fully saturated rings. The molecule has 2 saturated heterocycles. The Balaban J connectivity index is 1.06. The minimum atomic E-state index is -0.595. The summed E-state index contributed by atoms with van der Waals surface area (Å²) in [5, 5.41) is 0.572. The number of benzene rings is 1. The zero-order chi connectivity index (χ0) is 31.0. The number of hydrogen-bond acceptors (Lipinski definition) is 10. The van der Waals surface area contributed by atoms with Gasteiger partial charge in [-0.2, -0.15) is 0 Å². The van der Waals surface area contributed by atoms with E-state index >= 15 is 0 Å². The predicted octanol–water partition coefficient (Wildman–Crippen LogP) is 5.42. The molecule has 44 heavy (non-hydrogen) atoms. The number of fused-ring (bicyclic) bond motifs is 2. The topological polar surface area (TPSA) is 138 Å². The number of halogens is 1. The second-order valence-electron chi connectivity index (χ2n) is 12.5. The SMILES string of the molecule is CC(C)(C)OC(=O)N1CCCC[C@H]1C(=O)N1CCC(CCn2cnc(N)c3nc(Sc4cc5c(cc4Br)OCO5)nc2-3)CC1. The molecule has 0 spiro atoms. The van der Waals surface area contributed by atoms with E-state index in [2.05, 4.69) is 25.9 Å². The zero-order valence-corrected chi connectivity index (χ0v) is 27.7. The first-order valence-electron chi connectivity index (χ1n) is 15.1. The van der Waals surface area contributed by atoms with Crippen molar-refractivity contribution in [1.82, 2.24) is 29.3 Å². The highest BCUT2D eigenvalue weighted by molar-refractivity contribution is 9.10. The first kappa shape index (κ1) is 30.8. The molecule has 1 aromatic rings. The van der Waals surface area contributed by atoms with Crippen molar-refractivity contribution in [2.45, 2.75) is 87.5 Å². The van der Waals surface area contributed by atoms with Gasteiger partial charge in [-0.1, -0.05) is 0 Å². The fraction of sp³-hybridized carbons (Fsp3) is 0.567. The van der Waals surface area contributed by atoms with Crippen LogP contribution in [-0.4, -0.2) is 79.4 Å². The number of aromatic nitrogens is 4. The minimum absolute atomic E-state index is 0.0408. The van der Waals surface area contributed by atoms with Crippen molar-refractivity contribution >= 4 is 45.5 Å². The molecule has 14 heteroatoms. The average molecular weight is 689 g/mol. The van der Waals surface area contributed by atoms with Crippen LogP contribution in [0, 0.1) is 5.92 Å². The Hall–Kier alpha value is -3.26. The van der Waals surface area contributed by atoms with Gasteiger partial charge in [-0.05, 0) is 105 Å². The molecular weight excluding hydrogens is 650 g/mol. The summed E-state index contributed by atoms with van der Waals surface area (Å²) < 4.78 is 19.5. The summed E-state index contributed by atoms with van der Waals surface area (Å²) in [4.78, 5) is 44.7. The number of amides is 2. The number of ether oxygens (including phenoxy) is 3. The molecule has 0 radical (unpaired) electrons. The normalized spacial score (nSPS) is 19.0. The van der Waals surface area contributed by atoms with Crippen molar-refractivity contribution in [2.75, 3.05) is 32.2 Å². The summed E-state index contributed by atoms with van der Waals surface area (Å²) in [5.41, 5.74) is 6.17. The van der Waals surface area contributed by atoms with Crippen molar-refractivity contribution in [3.8, 4) is 23.0 Å². The van der Waals surface area contributed by atoms with Gasteiger partial charge in [0.15, 0.2) is 34.0 Å². The maximum atomic E-state index is 13.5. The van der Waals surface area contributed by atoms with E-state index in [4.69, 9.17) is 24.9 Å². The molecule has 0 bridgehead atoms. The number of aryl methyl sites for hydroxylation is 1. The van der Waals surface area contributed by atoms with Gasteiger partial charge >= 0.3 is 6.09 Å². The van der Waals surface area contributed by atoms with E-state index in [1.54, 1.807) is 11.2 Å². The first-order valence-corrected chi connectivity index (χ1v) is 16.7. The fourth-order valence-electron chi connectivity index (χ4n) is 5.92. The maximum absolute atomic E-state index is 13.5. The number of likely N-dealkylation sites (tertiary alicyclic amines) is 2. The van der Waals surface area contributed by atoms with Crippen LogP contribution in [-0.2, 0) is 16.1 Å². The standard InChI is InChI=1S/C30H38BrN7O5S/c1-30(2,3)43-29(40)38-10-5-4-6-20(38)27(39)36-11-7-18(8-12-36)9-13-37-16-33-25(32)24-26(37)35-28(34-24)44-23-15-22-21(14-19(23)31)41-17-42-22/h14-16,18,20H,4-13,17,32H2,1-3H3/t20-/m0/s1. The molecule has 5 aliphatic rings. The number of nitrogens with zero attached hydrogens (tertiary/aromatic N) is 6. The Kier molecular flexibility index (Phi) is 8.82. The minimum Gasteiger partial charge on any atom is -0.454 e. The third-order valence-corrected chi connectivity index (χ3v) is 10.1. The van der Waals surface area contributed by atoms with Gasteiger partial charge in [-0.3, -0.25) is 9.69 Å². The Bertz CT molecular complexity index is 1500. The van der Waals surface area contributed by atoms with Gasteiger partial charge in [-0.25, -0.2) is 19.7 Å². The number of rotatable bonds is 6. The zero-order valence-electron chi connectivity index (χ0n) is 25.3. The van der Waals surface area contributed by atoms with Gasteiger partial charge in [-0.15, -0.1) is 0 Å². The van der Waals surface area contributed by atoms with Gasteiger partial charge in [0.2, 0.25) is 12.7 Å². The largest absolute Gasteiger partial charge is 0.454 e. The molecular formula is C30H38BrN7O5S. The Labute approximate surface area is 269 Å². The lowest BCUT2D eigenvalue weighted by Crippen LogP contribution is -2.55. The van der Waals surface area contributed by atoms with E-state index in [9.17, 15) is 9.59 Å². The van der Waals surface area contributed by atoms with Gasteiger partial charge < -0.3 is 29.4 Å². The molecule has 0 aromatic heterocycles. The lowest BCUT2D eigenvalue weighted by atomic mass is 9.92. The average Bonchev–Trinajstić information content (AvgIpc) is 3.63. The molecule has 12 nitrogen and oxygen atoms in total. The number of imidazole rings is 1. The Morgan fingerprint density at radius 3 is 2.59 bits per heavy atom. The van der Waals surface area contributed by atoms with E-state index in [1.165, 1.54) is 11.8 Å². The molecule has 5 heterocycles. The summed E-state index contributed by atoms with van der Waals surface area (Å²) in [6.07, 6.45) is 6.57. The van der Waals surface area contributed by atoms with Crippen LogP contribution in [0.2, 0.25) is 0 Å². The van der Waals surface area contributed by atoms with Gasteiger partial charge in [0.05, 0.1) is 6.33 Å². The molecule has 0 saturated carbocycles.